The Bertz CT molecular complexity index is 777. The molecule has 0 aliphatic rings. The predicted octanol–water partition coefficient (Wildman–Crippen LogP) is 3.80. The summed E-state index contributed by atoms with van der Waals surface area (Å²) < 4.78 is 28.8. The summed E-state index contributed by atoms with van der Waals surface area (Å²) in [6.07, 6.45) is -0.826. The van der Waals surface area contributed by atoms with Gasteiger partial charge in [-0.2, -0.15) is 8.78 Å². The van der Waals surface area contributed by atoms with Gasteiger partial charge in [-0.1, -0.05) is 42.5 Å². The zero-order valence-corrected chi connectivity index (χ0v) is 20.3. The summed E-state index contributed by atoms with van der Waals surface area (Å²) in [5, 5.41) is 16.7. The van der Waals surface area contributed by atoms with E-state index in [1.54, 1.807) is 12.1 Å². The lowest BCUT2D eigenvalue weighted by Gasteiger charge is -2.24. The number of aliphatic imine (C=N–C) groups is 1. The number of halogens is 3. The first kappa shape index (κ1) is 27.1. The highest BCUT2D eigenvalue weighted by Gasteiger charge is 2.14. The van der Waals surface area contributed by atoms with Crippen LogP contribution in [0.5, 0.6) is 5.75 Å². The van der Waals surface area contributed by atoms with Crippen molar-refractivity contribution in [2.24, 2.45) is 4.99 Å². The normalized spacial score (nSPS) is 13.5. The Balaban J connectivity index is 0.00000480. The summed E-state index contributed by atoms with van der Waals surface area (Å²) in [6.45, 7) is 0.541. The molecule has 0 fully saturated rings. The van der Waals surface area contributed by atoms with Crippen LogP contribution in [0.3, 0.4) is 0 Å². The molecule has 2 atom stereocenters. The molecule has 0 amide bonds. The van der Waals surface area contributed by atoms with E-state index < -0.39 is 12.7 Å². The Morgan fingerprint density at radius 3 is 2.23 bits per heavy atom. The van der Waals surface area contributed by atoms with Crippen molar-refractivity contribution in [1.29, 1.82) is 0 Å². The van der Waals surface area contributed by atoms with Gasteiger partial charge in [0.1, 0.15) is 5.75 Å². The van der Waals surface area contributed by atoms with Crippen LogP contribution in [0.2, 0.25) is 0 Å². The van der Waals surface area contributed by atoms with Gasteiger partial charge in [-0.25, -0.2) is 0 Å². The van der Waals surface area contributed by atoms with Crippen molar-refractivity contribution in [3.05, 3.63) is 65.7 Å². The highest BCUT2D eigenvalue weighted by atomic mass is 127. The zero-order chi connectivity index (χ0) is 21.9. The molecule has 31 heavy (non-hydrogen) atoms. The van der Waals surface area contributed by atoms with E-state index in [0.29, 0.717) is 24.6 Å². The molecular formula is C22H31F2IN4O2. The first-order chi connectivity index (χ1) is 14.4. The molecule has 0 saturated carbocycles. The van der Waals surface area contributed by atoms with E-state index >= 15 is 0 Å². The van der Waals surface area contributed by atoms with Crippen molar-refractivity contribution in [2.75, 3.05) is 33.7 Å². The number of ether oxygens (including phenoxy) is 1. The molecule has 3 N–H and O–H groups in total. The van der Waals surface area contributed by atoms with Crippen LogP contribution >= 0.6 is 24.0 Å². The lowest BCUT2D eigenvalue weighted by atomic mass is 10.1. The van der Waals surface area contributed by atoms with Crippen molar-refractivity contribution in [3.8, 4) is 5.75 Å². The number of rotatable bonds is 10. The summed E-state index contributed by atoms with van der Waals surface area (Å²) in [6, 6.07) is 16.2. The number of hydrogen-bond donors (Lipinski definition) is 3. The lowest BCUT2D eigenvalue weighted by molar-refractivity contribution is -0.0498. The lowest BCUT2D eigenvalue weighted by Crippen LogP contribution is -2.40. The van der Waals surface area contributed by atoms with E-state index in [9.17, 15) is 13.9 Å². The summed E-state index contributed by atoms with van der Waals surface area (Å²) >= 11 is 0. The predicted molar refractivity (Wildman–Crippen MR) is 130 cm³/mol. The summed E-state index contributed by atoms with van der Waals surface area (Å²) in [5.41, 5.74) is 1.77. The van der Waals surface area contributed by atoms with Crippen LogP contribution in [0.1, 0.15) is 30.2 Å². The quantitative estimate of drug-likeness (QED) is 0.240. The Hall–Kier alpha value is -1.98. The number of aliphatic hydroxyl groups excluding tert-OH is 1. The van der Waals surface area contributed by atoms with Gasteiger partial charge in [0, 0.05) is 13.1 Å². The third-order valence-corrected chi connectivity index (χ3v) is 4.53. The second kappa shape index (κ2) is 14.2. The minimum Gasteiger partial charge on any atom is -0.435 e. The molecule has 0 saturated heterocycles. The first-order valence-electron chi connectivity index (χ1n) is 9.87. The average Bonchev–Trinajstić information content (AvgIpc) is 2.72. The molecule has 0 radical (unpaired) electrons. The Kier molecular flexibility index (Phi) is 12.4. The van der Waals surface area contributed by atoms with Gasteiger partial charge in [0.15, 0.2) is 5.96 Å². The summed E-state index contributed by atoms with van der Waals surface area (Å²) in [7, 11) is 4.03. The molecule has 6 nitrogen and oxygen atoms in total. The number of hydrogen-bond acceptors (Lipinski definition) is 4. The van der Waals surface area contributed by atoms with Crippen molar-refractivity contribution < 1.29 is 18.6 Å². The number of benzene rings is 2. The average molecular weight is 548 g/mol. The summed E-state index contributed by atoms with van der Waals surface area (Å²) in [5.74, 6) is 0.649. The Morgan fingerprint density at radius 1 is 1.03 bits per heavy atom. The number of nitrogens with one attached hydrogen (secondary N) is 2. The monoisotopic (exact) mass is 548 g/mol. The van der Waals surface area contributed by atoms with E-state index in [4.69, 9.17) is 0 Å². The van der Waals surface area contributed by atoms with Gasteiger partial charge >= 0.3 is 6.61 Å². The van der Waals surface area contributed by atoms with E-state index in [0.717, 1.165) is 0 Å². The number of aliphatic hydroxyl groups is 1. The molecule has 2 aromatic carbocycles. The molecule has 0 bridgehead atoms. The fourth-order valence-electron chi connectivity index (χ4n) is 2.94. The second-order valence-electron chi connectivity index (χ2n) is 6.95. The van der Waals surface area contributed by atoms with E-state index in [1.807, 2.05) is 39.2 Å². The van der Waals surface area contributed by atoms with E-state index in [1.165, 1.54) is 17.7 Å². The smallest absolute Gasteiger partial charge is 0.387 e. The van der Waals surface area contributed by atoms with Crippen LogP contribution < -0.4 is 15.4 Å². The molecule has 2 rings (SSSR count). The maximum absolute atomic E-state index is 12.2. The Labute approximate surface area is 199 Å². The number of nitrogens with zero attached hydrogens (tertiary/aromatic N) is 2. The van der Waals surface area contributed by atoms with E-state index in [2.05, 4.69) is 37.4 Å². The second-order valence-corrected chi connectivity index (χ2v) is 6.95. The SMILES string of the molecule is CCNC(=NCC(c1ccccc1)N(C)C)NCC(O)c1ccc(OC(F)F)cc1.I. The van der Waals surface area contributed by atoms with Crippen molar-refractivity contribution in [1.82, 2.24) is 15.5 Å². The highest BCUT2D eigenvalue weighted by molar-refractivity contribution is 14.0. The van der Waals surface area contributed by atoms with E-state index in [-0.39, 0.29) is 42.3 Å². The molecule has 0 aliphatic carbocycles. The largest absolute Gasteiger partial charge is 0.435 e. The van der Waals surface area contributed by atoms with Crippen LogP contribution in [-0.4, -0.2) is 56.3 Å². The van der Waals surface area contributed by atoms with Crippen LogP contribution in [0.15, 0.2) is 59.6 Å². The molecular weight excluding hydrogens is 517 g/mol. The van der Waals surface area contributed by atoms with Gasteiger partial charge in [-0.3, -0.25) is 4.99 Å². The fraction of sp³-hybridized carbons (Fsp3) is 0.409. The van der Waals surface area contributed by atoms with Gasteiger partial charge in [0.25, 0.3) is 0 Å². The molecule has 0 aliphatic heterocycles. The molecule has 9 heteroatoms. The van der Waals surface area contributed by atoms with Crippen molar-refractivity contribution >= 4 is 29.9 Å². The number of likely N-dealkylation sites (N-methyl/N-ethyl adjacent to an activating group) is 1. The van der Waals surface area contributed by atoms with Gasteiger partial charge in [-0.15, -0.1) is 24.0 Å². The molecule has 2 aromatic rings. The molecule has 0 spiro atoms. The van der Waals surface area contributed by atoms with Crippen LogP contribution in [0.4, 0.5) is 8.78 Å². The van der Waals surface area contributed by atoms with Crippen molar-refractivity contribution in [2.45, 2.75) is 25.7 Å². The van der Waals surface area contributed by atoms with Gasteiger partial charge in [0.05, 0.1) is 18.7 Å². The fourth-order valence-corrected chi connectivity index (χ4v) is 2.94. The molecule has 0 heterocycles. The van der Waals surface area contributed by atoms with Crippen LogP contribution in [0, 0.1) is 0 Å². The molecule has 172 valence electrons. The maximum atomic E-state index is 12.2. The van der Waals surface area contributed by atoms with Crippen LogP contribution in [-0.2, 0) is 0 Å². The first-order valence-corrected chi connectivity index (χ1v) is 9.87. The van der Waals surface area contributed by atoms with Gasteiger partial charge in [-0.05, 0) is 44.3 Å². The minimum absolute atomic E-state index is 0. The third-order valence-electron chi connectivity index (χ3n) is 4.53. The highest BCUT2D eigenvalue weighted by Crippen LogP contribution is 2.20. The Morgan fingerprint density at radius 2 is 1.68 bits per heavy atom. The molecule has 0 aromatic heterocycles. The van der Waals surface area contributed by atoms with Crippen LogP contribution in [0.25, 0.3) is 0 Å². The number of guanidine groups is 1. The molecule has 2 unspecified atom stereocenters. The summed E-state index contributed by atoms with van der Waals surface area (Å²) in [4.78, 5) is 6.77. The zero-order valence-electron chi connectivity index (χ0n) is 18.0. The maximum Gasteiger partial charge on any atom is 0.387 e. The minimum atomic E-state index is -2.87. The topological polar surface area (TPSA) is 69.1 Å². The third kappa shape index (κ3) is 9.36. The van der Waals surface area contributed by atoms with Crippen molar-refractivity contribution in [3.63, 3.8) is 0 Å². The van der Waals surface area contributed by atoms with Gasteiger partial charge < -0.3 is 25.4 Å². The standard InChI is InChI=1S/C22H30F2N4O2.HI/c1-4-25-22(26-14-19(28(2)3)16-8-6-5-7-9-16)27-15-20(29)17-10-12-18(13-11-17)30-21(23)24;/h5-13,19-21,29H,4,14-15H2,1-3H3,(H2,25,26,27);1H. The number of alkyl halides is 2. The van der Waals surface area contributed by atoms with Gasteiger partial charge in [0.2, 0.25) is 0 Å².